The van der Waals surface area contributed by atoms with Gasteiger partial charge in [0.1, 0.15) is 11.2 Å². The quantitative estimate of drug-likeness (QED) is 0.534. The van der Waals surface area contributed by atoms with Crippen LogP contribution in [0.4, 0.5) is 0 Å². The van der Waals surface area contributed by atoms with E-state index in [9.17, 15) is 0 Å². The van der Waals surface area contributed by atoms with Crippen molar-refractivity contribution in [2.45, 2.75) is 17.9 Å². The maximum atomic E-state index is 5.70. The van der Waals surface area contributed by atoms with Gasteiger partial charge in [-0.15, -0.1) is 0 Å². The van der Waals surface area contributed by atoms with Crippen LogP contribution in [0.25, 0.3) is 16.7 Å². The van der Waals surface area contributed by atoms with Gasteiger partial charge < -0.3 is 8.82 Å². The largest absolute Gasteiger partial charge is 0.431 e. The van der Waals surface area contributed by atoms with Crippen LogP contribution in [0.2, 0.25) is 0 Å². The second-order valence-corrected chi connectivity index (χ2v) is 5.82. The number of fused-ring (bicyclic) bond motifs is 2. The number of thioether (sulfide) groups is 1. The Morgan fingerprint density at radius 2 is 2.05 bits per heavy atom. The summed E-state index contributed by atoms with van der Waals surface area (Å²) < 4.78 is 7.76. The number of oxazole rings is 1. The molecule has 104 valence electrons. The highest BCUT2D eigenvalue weighted by Gasteiger charge is 2.08. The Bertz CT molecular complexity index is 892. The Kier molecular flexibility index (Phi) is 2.93. The second kappa shape index (κ2) is 4.93. The summed E-state index contributed by atoms with van der Waals surface area (Å²) in [5, 5.41) is 0.685. The lowest BCUT2D eigenvalue weighted by molar-refractivity contribution is 0.489. The first kappa shape index (κ1) is 12.5. The number of pyridine rings is 1. The molecule has 1 aromatic carbocycles. The van der Waals surface area contributed by atoms with E-state index in [2.05, 4.69) is 33.6 Å². The van der Waals surface area contributed by atoms with Gasteiger partial charge in [0.2, 0.25) is 0 Å². The third-order valence-electron chi connectivity index (χ3n) is 3.35. The molecule has 0 aliphatic carbocycles. The molecule has 5 heteroatoms. The van der Waals surface area contributed by atoms with E-state index in [-0.39, 0.29) is 0 Å². The summed E-state index contributed by atoms with van der Waals surface area (Å²) in [4.78, 5) is 9.11. The number of benzene rings is 1. The molecule has 3 aromatic heterocycles. The lowest BCUT2D eigenvalue weighted by Gasteiger charge is -1.94. The minimum Gasteiger partial charge on any atom is -0.431 e. The zero-order chi connectivity index (χ0) is 14.2. The highest BCUT2D eigenvalue weighted by Crippen LogP contribution is 2.26. The van der Waals surface area contributed by atoms with Crippen LogP contribution in [0.3, 0.4) is 0 Å². The summed E-state index contributed by atoms with van der Waals surface area (Å²) in [6, 6.07) is 11.9. The molecule has 0 spiro atoms. The fourth-order valence-corrected chi connectivity index (χ4v) is 3.04. The number of aryl methyl sites for hydroxylation is 1. The molecule has 0 radical (unpaired) electrons. The number of hydrogen-bond acceptors (Lipinski definition) is 4. The molecule has 0 unspecified atom stereocenters. The van der Waals surface area contributed by atoms with Gasteiger partial charge in [-0.1, -0.05) is 30.0 Å². The summed E-state index contributed by atoms with van der Waals surface area (Å²) in [5.41, 5.74) is 4.93. The summed E-state index contributed by atoms with van der Waals surface area (Å²) in [7, 11) is 0. The minimum atomic E-state index is 0.685. The van der Waals surface area contributed by atoms with Gasteiger partial charge >= 0.3 is 0 Å². The van der Waals surface area contributed by atoms with Crippen molar-refractivity contribution < 1.29 is 4.42 Å². The normalized spacial score (nSPS) is 11.5. The van der Waals surface area contributed by atoms with E-state index in [0.717, 1.165) is 28.2 Å². The summed E-state index contributed by atoms with van der Waals surface area (Å²) in [5.74, 6) is 0.744. The van der Waals surface area contributed by atoms with Crippen LogP contribution in [0.1, 0.15) is 11.3 Å². The zero-order valence-corrected chi connectivity index (χ0v) is 12.3. The van der Waals surface area contributed by atoms with Gasteiger partial charge in [-0.2, -0.15) is 0 Å². The van der Waals surface area contributed by atoms with Crippen LogP contribution in [0.15, 0.2) is 58.4 Å². The average Bonchev–Trinajstić information content (AvgIpc) is 3.09. The van der Waals surface area contributed by atoms with Crippen molar-refractivity contribution in [3.8, 4) is 0 Å². The van der Waals surface area contributed by atoms with E-state index in [4.69, 9.17) is 4.42 Å². The molecule has 21 heavy (non-hydrogen) atoms. The Hall–Kier alpha value is -2.27. The first-order chi connectivity index (χ1) is 10.3. The highest BCUT2D eigenvalue weighted by molar-refractivity contribution is 7.98. The van der Waals surface area contributed by atoms with Crippen LogP contribution in [-0.4, -0.2) is 14.4 Å². The van der Waals surface area contributed by atoms with Crippen LogP contribution in [-0.2, 0) is 5.75 Å². The third kappa shape index (κ3) is 2.29. The number of nitrogens with zero attached hydrogens (tertiary/aromatic N) is 3. The molecule has 0 amide bonds. The molecule has 0 fully saturated rings. The van der Waals surface area contributed by atoms with Crippen LogP contribution in [0.5, 0.6) is 0 Å². The molecule has 4 rings (SSSR count). The fraction of sp³-hybridized carbons (Fsp3) is 0.125. The van der Waals surface area contributed by atoms with Gasteiger partial charge in [0.25, 0.3) is 5.22 Å². The smallest absolute Gasteiger partial charge is 0.257 e. The first-order valence-electron chi connectivity index (χ1n) is 6.71. The SMILES string of the molecule is Cc1cccn2cc(CSc3nc4ccccc4o3)nc12. The Balaban J connectivity index is 1.58. The van der Waals surface area contributed by atoms with Crippen molar-refractivity contribution in [3.63, 3.8) is 0 Å². The molecular weight excluding hydrogens is 282 g/mol. The van der Waals surface area contributed by atoms with Crippen LogP contribution >= 0.6 is 11.8 Å². The maximum absolute atomic E-state index is 5.70. The lowest BCUT2D eigenvalue weighted by Crippen LogP contribution is -1.84. The van der Waals surface area contributed by atoms with E-state index in [1.807, 2.05) is 36.5 Å². The van der Waals surface area contributed by atoms with Gasteiger partial charge in [0, 0.05) is 18.1 Å². The Labute approximate surface area is 125 Å². The van der Waals surface area contributed by atoms with Gasteiger partial charge in [-0.25, -0.2) is 9.97 Å². The summed E-state index contributed by atoms with van der Waals surface area (Å²) in [6.07, 6.45) is 4.07. The Morgan fingerprint density at radius 3 is 2.90 bits per heavy atom. The van der Waals surface area contributed by atoms with Crippen molar-refractivity contribution in [1.82, 2.24) is 14.4 Å². The molecule has 0 aliphatic heterocycles. The van der Waals surface area contributed by atoms with E-state index >= 15 is 0 Å². The molecule has 0 aliphatic rings. The molecule has 0 bridgehead atoms. The van der Waals surface area contributed by atoms with Crippen molar-refractivity contribution >= 4 is 28.5 Å². The predicted octanol–water partition coefficient (Wildman–Crippen LogP) is 4.08. The number of imidazole rings is 1. The first-order valence-corrected chi connectivity index (χ1v) is 7.70. The van der Waals surface area contributed by atoms with E-state index in [1.165, 1.54) is 5.56 Å². The van der Waals surface area contributed by atoms with Crippen LogP contribution < -0.4 is 0 Å². The second-order valence-electron chi connectivity index (χ2n) is 4.89. The molecule has 4 aromatic rings. The van der Waals surface area contributed by atoms with Gasteiger partial charge in [0.05, 0.1) is 5.69 Å². The molecular formula is C16H13N3OS. The van der Waals surface area contributed by atoms with Crippen LogP contribution in [0, 0.1) is 6.92 Å². The molecule has 0 N–H and O–H groups in total. The standard InChI is InChI=1S/C16H13N3OS/c1-11-5-4-8-19-9-12(17-15(11)19)10-21-16-18-13-6-2-3-7-14(13)20-16/h2-9H,10H2,1H3. The van der Waals surface area contributed by atoms with Gasteiger partial charge in [-0.05, 0) is 30.7 Å². The van der Waals surface area contributed by atoms with Gasteiger partial charge in [-0.3, -0.25) is 0 Å². The average molecular weight is 295 g/mol. The van der Waals surface area contributed by atoms with E-state index in [1.54, 1.807) is 11.8 Å². The number of para-hydroxylation sites is 2. The molecule has 0 saturated carbocycles. The monoisotopic (exact) mass is 295 g/mol. The maximum Gasteiger partial charge on any atom is 0.257 e. The van der Waals surface area contributed by atoms with Gasteiger partial charge in [0.15, 0.2) is 5.58 Å². The predicted molar refractivity (Wildman–Crippen MR) is 83.5 cm³/mol. The topological polar surface area (TPSA) is 43.3 Å². The van der Waals surface area contributed by atoms with Crippen molar-refractivity contribution in [3.05, 3.63) is 60.0 Å². The van der Waals surface area contributed by atoms with E-state index in [0.29, 0.717) is 5.22 Å². The van der Waals surface area contributed by atoms with Crippen molar-refractivity contribution in [1.29, 1.82) is 0 Å². The number of aromatic nitrogens is 3. The fourth-order valence-electron chi connectivity index (χ4n) is 2.32. The summed E-state index contributed by atoms with van der Waals surface area (Å²) in [6.45, 7) is 2.07. The third-order valence-corrected chi connectivity index (χ3v) is 4.21. The van der Waals surface area contributed by atoms with Crippen molar-refractivity contribution in [2.75, 3.05) is 0 Å². The summed E-state index contributed by atoms with van der Waals surface area (Å²) >= 11 is 1.57. The number of rotatable bonds is 3. The lowest BCUT2D eigenvalue weighted by atomic mass is 10.3. The molecule has 0 saturated heterocycles. The molecule has 4 nitrogen and oxygen atoms in total. The molecule has 3 heterocycles. The minimum absolute atomic E-state index is 0.685. The number of hydrogen-bond donors (Lipinski definition) is 0. The Morgan fingerprint density at radius 1 is 1.14 bits per heavy atom. The van der Waals surface area contributed by atoms with Crippen molar-refractivity contribution in [2.24, 2.45) is 0 Å². The molecule has 0 atom stereocenters. The van der Waals surface area contributed by atoms with E-state index < -0.39 is 0 Å². The highest BCUT2D eigenvalue weighted by atomic mass is 32.2. The zero-order valence-electron chi connectivity index (χ0n) is 11.5.